The Bertz CT molecular complexity index is 3620. The van der Waals surface area contributed by atoms with Crippen molar-refractivity contribution in [2.24, 2.45) is 0 Å². The number of hydrogen-bond acceptors (Lipinski definition) is 2. The maximum atomic E-state index is 2.56. The molecule has 0 amide bonds. The molecule has 63 heavy (non-hydrogen) atoms. The smallest absolute Gasteiger partial charge is 0.0562 e. The number of aromatic nitrogens is 1. The molecule has 12 aromatic rings. The summed E-state index contributed by atoms with van der Waals surface area (Å²) in [6, 6.07) is 88.5. The molecular formula is C60H40N2S. The van der Waals surface area contributed by atoms with E-state index in [1.54, 1.807) is 0 Å². The maximum Gasteiger partial charge on any atom is 0.0562 e. The Morgan fingerprint density at radius 2 is 0.825 bits per heavy atom. The Morgan fingerprint density at radius 1 is 0.317 bits per heavy atom. The highest BCUT2D eigenvalue weighted by Crippen LogP contribution is 2.53. The molecule has 0 aliphatic heterocycles. The van der Waals surface area contributed by atoms with Crippen LogP contribution in [0.1, 0.15) is 0 Å². The van der Waals surface area contributed by atoms with Crippen molar-refractivity contribution in [2.45, 2.75) is 0 Å². The highest BCUT2D eigenvalue weighted by molar-refractivity contribution is 7.26. The summed E-state index contributed by atoms with van der Waals surface area (Å²) in [5, 5.41) is 4.97. The lowest BCUT2D eigenvalue weighted by atomic mass is 9.87. The van der Waals surface area contributed by atoms with E-state index in [2.05, 4.69) is 252 Å². The molecule has 0 aliphatic rings. The molecule has 12 rings (SSSR count). The van der Waals surface area contributed by atoms with E-state index in [1.807, 2.05) is 11.3 Å². The van der Waals surface area contributed by atoms with Gasteiger partial charge in [0.05, 0.1) is 28.1 Å². The molecule has 2 heterocycles. The topological polar surface area (TPSA) is 8.17 Å². The molecule has 0 N–H and O–H groups in total. The number of nitrogens with zero attached hydrogens (tertiary/aromatic N) is 2. The zero-order valence-electron chi connectivity index (χ0n) is 34.4. The molecule has 0 saturated carbocycles. The van der Waals surface area contributed by atoms with E-state index in [1.165, 1.54) is 81.0 Å². The van der Waals surface area contributed by atoms with Gasteiger partial charge in [-0.2, -0.15) is 0 Å². The summed E-state index contributed by atoms with van der Waals surface area (Å²) < 4.78 is 5.00. The van der Waals surface area contributed by atoms with Gasteiger partial charge in [-0.05, 0) is 76.3 Å². The first kappa shape index (κ1) is 36.8. The van der Waals surface area contributed by atoms with Gasteiger partial charge < -0.3 is 9.47 Å². The Morgan fingerprint density at radius 3 is 1.62 bits per heavy atom. The monoisotopic (exact) mass is 820 g/mol. The zero-order valence-corrected chi connectivity index (χ0v) is 35.2. The Kier molecular flexibility index (Phi) is 9.06. The van der Waals surface area contributed by atoms with Crippen molar-refractivity contribution in [2.75, 3.05) is 4.90 Å². The minimum absolute atomic E-state index is 1.10. The lowest BCUT2D eigenvalue weighted by Gasteiger charge is -2.32. The quantitative estimate of drug-likeness (QED) is 0.148. The van der Waals surface area contributed by atoms with Crippen LogP contribution in [0.15, 0.2) is 243 Å². The van der Waals surface area contributed by atoms with Crippen LogP contribution in [0, 0.1) is 0 Å². The van der Waals surface area contributed by atoms with Crippen LogP contribution in [0.3, 0.4) is 0 Å². The molecule has 0 radical (unpaired) electrons. The highest BCUT2D eigenvalue weighted by atomic mass is 32.1. The van der Waals surface area contributed by atoms with Gasteiger partial charge in [-0.25, -0.2) is 0 Å². The molecule has 3 heteroatoms. The number of benzene rings is 10. The zero-order chi connectivity index (χ0) is 41.7. The molecule has 0 spiro atoms. The van der Waals surface area contributed by atoms with Crippen LogP contribution < -0.4 is 4.90 Å². The second-order valence-corrected chi connectivity index (χ2v) is 17.0. The van der Waals surface area contributed by atoms with E-state index >= 15 is 0 Å². The molecule has 0 unspecified atom stereocenters. The van der Waals surface area contributed by atoms with Crippen molar-refractivity contribution in [3.63, 3.8) is 0 Å². The lowest BCUT2D eigenvalue weighted by molar-refractivity contribution is 1.18. The van der Waals surface area contributed by atoms with Gasteiger partial charge in [0.15, 0.2) is 0 Å². The summed E-state index contributed by atoms with van der Waals surface area (Å²) in [6.45, 7) is 0. The number of para-hydroxylation sites is 3. The number of rotatable bonds is 8. The third-order valence-electron chi connectivity index (χ3n) is 12.4. The van der Waals surface area contributed by atoms with E-state index in [0.717, 1.165) is 28.3 Å². The molecular weight excluding hydrogens is 781 g/mol. The Labute approximate surface area is 370 Å². The van der Waals surface area contributed by atoms with Crippen LogP contribution in [0.2, 0.25) is 0 Å². The van der Waals surface area contributed by atoms with Crippen molar-refractivity contribution >= 4 is 70.4 Å². The summed E-state index contributed by atoms with van der Waals surface area (Å²) in [7, 11) is 0. The average Bonchev–Trinajstić information content (AvgIpc) is 3.92. The van der Waals surface area contributed by atoms with Crippen LogP contribution in [0.25, 0.3) is 92.2 Å². The van der Waals surface area contributed by atoms with Gasteiger partial charge in [0.1, 0.15) is 0 Å². The van der Waals surface area contributed by atoms with Gasteiger partial charge in [-0.15, -0.1) is 11.3 Å². The van der Waals surface area contributed by atoms with E-state index in [-0.39, 0.29) is 0 Å². The van der Waals surface area contributed by atoms with E-state index in [4.69, 9.17) is 0 Å². The van der Waals surface area contributed by atoms with Crippen LogP contribution in [-0.2, 0) is 0 Å². The number of fused-ring (bicyclic) bond motifs is 6. The summed E-state index contributed by atoms with van der Waals surface area (Å²) in [4.78, 5) is 2.56. The standard InChI is InChI=1S/C60H40N2S/c1-4-21-41(22-5-1)44-27-10-11-30-48(44)58-45(42-23-6-2-7-24-42)32-19-37-54(58)62(52-35-15-12-28-46(52)49-33-18-34-50-47-29-14-17-40-57(47)63-60(49)50)56-39-20-38-55-59(56)51-31-13-16-36-53(51)61(55)43-25-8-3-9-26-43/h1-40H. The Hall–Kier alpha value is -7.98. The molecule has 0 atom stereocenters. The van der Waals surface area contributed by atoms with Gasteiger partial charge >= 0.3 is 0 Å². The van der Waals surface area contributed by atoms with Crippen LogP contribution in [0.4, 0.5) is 17.1 Å². The minimum Gasteiger partial charge on any atom is -0.309 e. The van der Waals surface area contributed by atoms with Crippen LogP contribution in [0.5, 0.6) is 0 Å². The Balaban J connectivity index is 1.23. The number of thiophene rings is 1. The minimum atomic E-state index is 1.10. The SMILES string of the molecule is c1ccc(-c2ccccc2-c2c(-c3ccccc3)cccc2N(c2ccccc2-c2cccc3c2sc2ccccc23)c2cccc3c2c2ccccc2n3-c2ccccc2)cc1. The first-order valence-electron chi connectivity index (χ1n) is 21.5. The third kappa shape index (κ3) is 6.16. The average molecular weight is 821 g/mol. The fraction of sp³-hybridized carbons (Fsp3) is 0. The van der Waals surface area contributed by atoms with Gasteiger partial charge in [-0.1, -0.05) is 194 Å². The molecule has 0 bridgehead atoms. The first-order chi connectivity index (χ1) is 31.3. The second-order valence-electron chi connectivity index (χ2n) is 16.0. The van der Waals surface area contributed by atoms with Gasteiger partial charge in [-0.3, -0.25) is 0 Å². The first-order valence-corrected chi connectivity index (χ1v) is 22.3. The summed E-state index contributed by atoms with van der Waals surface area (Å²) in [5.41, 5.74) is 16.2. The molecule has 0 fully saturated rings. The third-order valence-corrected chi connectivity index (χ3v) is 13.6. The number of anilines is 3. The lowest BCUT2D eigenvalue weighted by Crippen LogP contribution is -2.13. The molecule has 2 nitrogen and oxygen atoms in total. The van der Waals surface area contributed by atoms with Crippen molar-refractivity contribution in [1.29, 1.82) is 0 Å². The highest BCUT2D eigenvalue weighted by Gasteiger charge is 2.28. The fourth-order valence-corrected chi connectivity index (χ4v) is 11.0. The van der Waals surface area contributed by atoms with Crippen molar-refractivity contribution in [3.8, 4) is 50.2 Å². The summed E-state index contributed by atoms with van der Waals surface area (Å²) in [6.07, 6.45) is 0. The van der Waals surface area contributed by atoms with Crippen LogP contribution >= 0.6 is 11.3 Å². The largest absolute Gasteiger partial charge is 0.309 e. The van der Waals surface area contributed by atoms with Crippen molar-refractivity contribution in [3.05, 3.63) is 243 Å². The molecule has 0 aliphatic carbocycles. The van der Waals surface area contributed by atoms with Crippen molar-refractivity contribution in [1.82, 2.24) is 4.57 Å². The predicted octanol–water partition coefficient (Wildman–Crippen LogP) is 17.3. The fourth-order valence-electron chi connectivity index (χ4n) is 9.73. The maximum absolute atomic E-state index is 2.56. The second kappa shape index (κ2) is 15.5. The summed E-state index contributed by atoms with van der Waals surface area (Å²) in [5.74, 6) is 0. The van der Waals surface area contributed by atoms with E-state index in [9.17, 15) is 0 Å². The molecule has 2 aromatic heterocycles. The molecule has 0 saturated heterocycles. The number of hydrogen-bond donors (Lipinski definition) is 0. The molecule has 296 valence electrons. The summed E-state index contributed by atoms with van der Waals surface area (Å²) >= 11 is 1.88. The molecule has 10 aromatic carbocycles. The predicted molar refractivity (Wildman–Crippen MR) is 270 cm³/mol. The van der Waals surface area contributed by atoms with E-state index in [0.29, 0.717) is 0 Å². The van der Waals surface area contributed by atoms with Gasteiger partial charge in [0.25, 0.3) is 0 Å². The van der Waals surface area contributed by atoms with E-state index < -0.39 is 0 Å². The van der Waals surface area contributed by atoms with Crippen molar-refractivity contribution < 1.29 is 0 Å². The van der Waals surface area contributed by atoms with Crippen LogP contribution in [-0.4, -0.2) is 4.57 Å². The van der Waals surface area contributed by atoms with Gasteiger partial charge in [0.2, 0.25) is 0 Å². The van der Waals surface area contributed by atoms with Gasteiger partial charge in [0, 0.05) is 53.3 Å². The normalized spacial score (nSPS) is 11.5.